The first-order chi connectivity index (χ1) is 10.1. The normalized spacial score (nSPS) is 19.2. The molecule has 2 rings (SSSR count). The Labute approximate surface area is 127 Å². The van der Waals surface area contributed by atoms with Crippen LogP contribution >= 0.6 is 11.6 Å². The van der Waals surface area contributed by atoms with E-state index in [-0.39, 0.29) is 24.8 Å². The number of nitrogens with one attached hydrogen (secondary N) is 1. The van der Waals surface area contributed by atoms with Crippen LogP contribution in [-0.4, -0.2) is 60.8 Å². The number of amides is 2. The van der Waals surface area contributed by atoms with Crippen LogP contribution in [0.5, 0.6) is 0 Å². The van der Waals surface area contributed by atoms with Gasteiger partial charge in [0.15, 0.2) is 0 Å². The first kappa shape index (κ1) is 15.9. The van der Waals surface area contributed by atoms with Crippen LogP contribution in [0.2, 0.25) is 5.02 Å². The van der Waals surface area contributed by atoms with E-state index in [0.29, 0.717) is 24.8 Å². The molecule has 2 amide bonds. The van der Waals surface area contributed by atoms with E-state index < -0.39 is 11.8 Å². The smallest absolute Gasteiger partial charge is 0.259 e. The Kier molecular flexibility index (Phi) is 5.69. The third kappa shape index (κ3) is 4.25. The first-order valence-electron chi connectivity index (χ1n) is 6.63. The second kappa shape index (κ2) is 7.51. The molecule has 6 nitrogen and oxygen atoms in total. The molecule has 1 aliphatic heterocycles. The minimum atomic E-state index is -0.528. The Morgan fingerprint density at radius 3 is 2.90 bits per heavy atom. The van der Waals surface area contributed by atoms with Crippen molar-refractivity contribution in [3.8, 4) is 0 Å². The standard InChI is InChI=1S/C14H17ClN2O4/c15-12-4-2-1-3-11(12)14(20)16-13(19)7-17-5-6-21-9-10(17)8-18/h1-4,10,18H,5-9H2,(H,16,19,20). The van der Waals surface area contributed by atoms with E-state index in [1.807, 2.05) is 0 Å². The fourth-order valence-electron chi connectivity index (χ4n) is 2.13. The Balaban J connectivity index is 1.92. The van der Waals surface area contributed by atoms with Gasteiger partial charge in [0.05, 0.1) is 43.0 Å². The number of morpholine rings is 1. The molecule has 21 heavy (non-hydrogen) atoms. The van der Waals surface area contributed by atoms with Gasteiger partial charge in [-0.2, -0.15) is 0 Å². The molecule has 1 fully saturated rings. The van der Waals surface area contributed by atoms with Gasteiger partial charge in [-0.15, -0.1) is 0 Å². The molecule has 0 aromatic heterocycles. The fraction of sp³-hybridized carbons (Fsp3) is 0.429. The number of carbonyl (C=O) groups is 2. The quantitative estimate of drug-likeness (QED) is 0.835. The van der Waals surface area contributed by atoms with Gasteiger partial charge in [0, 0.05) is 6.54 Å². The molecule has 0 spiro atoms. The summed E-state index contributed by atoms with van der Waals surface area (Å²) in [4.78, 5) is 25.7. The zero-order chi connectivity index (χ0) is 15.2. The predicted molar refractivity (Wildman–Crippen MR) is 77.2 cm³/mol. The summed E-state index contributed by atoms with van der Waals surface area (Å²) < 4.78 is 5.23. The highest BCUT2D eigenvalue weighted by atomic mass is 35.5. The highest BCUT2D eigenvalue weighted by Gasteiger charge is 2.25. The van der Waals surface area contributed by atoms with Gasteiger partial charge in [-0.1, -0.05) is 23.7 Å². The number of rotatable bonds is 4. The lowest BCUT2D eigenvalue weighted by Gasteiger charge is -2.33. The van der Waals surface area contributed by atoms with Crippen molar-refractivity contribution in [1.82, 2.24) is 10.2 Å². The van der Waals surface area contributed by atoms with Gasteiger partial charge in [-0.3, -0.25) is 19.8 Å². The van der Waals surface area contributed by atoms with E-state index in [1.165, 1.54) is 0 Å². The maximum atomic E-state index is 12.0. The molecule has 2 N–H and O–H groups in total. The molecule has 1 unspecified atom stereocenters. The fourth-order valence-corrected chi connectivity index (χ4v) is 2.35. The molecule has 1 atom stereocenters. The van der Waals surface area contributed by atoms with Gasteiger partial charge in [0.1, 0.15) is 0 Å². The van der Waals surface area contributed by atoms with Crippen LogP contribution in [0.4, 0.5) is 0 Å². The third-order valence-electron chi connectivity index (χ3n) is 3.28. The Morgan fingerprint density at radius 2 is 2.19 bits per heavy atom. The number of benzene rings is 1. The topological polar surface area (TPSA) is 78.9 Å². The zero-order valence-corrected chi connectivity index (χ0v) is 12.2. The van der Waals surface area contributed by atoms with Crippen LogP contribution < -0.4 is 5.32 Å². The minimum absolute atomic E-state index is 0.0325. The number of carbonyl (C=O) groups excluding carboxylic acids is 2. The van der Waals surface area contributed by atoms with Gasteiger partial charge >= 0.3 is 0 Å². The molecule has 1 aliphatic rings. The van der Waals surface area contributed by atoms with Gasteiger partial charge in [0.25, 0.3) is 5.91 Å². The average Bonchev–Trinajstić information content (AvgIpc) is 2.48. The van der Waals surface area contributed by atoms with Gasteiger partial charge in [-0.05, 0) is 12.1 Å². The summed E-state index contributed by atoms with van der Waals surface area (Å²) in [6.07, 6.45) is 0. The van der Waals surface area contributed by atoms with E-state index in [1.54, 1.807) is 29.2 Å². The van der Waals surface area contributed by atoms with Crippen LogP contribution in [-0.2, 0) is 9.53 Å². The molecule has 1 heterocycles. The highest BCUT2D eigenvalue weighted by molar-refractivity contribution is 6.34. The van der Waals surface area contributed by atoms with Crippen LogP contribution in [0.3, 0.4) is 0 Å². The molecule has 0 aliphatic carbocycles. The summed E-state index contributed by atoms with van der Waals surface area (Å²) in [6, 6.07) is 6.30. The number of hydrogen-bond acceptors (Lipinski definition) is 5. The number of halogens is 1. The molecule has 0 bridgehead atoms. The van der Waals surface area contributed by atoms with Gasteiger partial charge in [-0.25, -0.2) is 0 Å². The Hall–Kier alpha value is -1.47. The molecular weight excluding hydrogens is 296 g/mol. The van der Waals surface area contributed by atoms with Crippen molar-refractivity contribution in [2.75, 3.05) is 32.9 Å². The number of hydrogen-bond donors (Lipinski definition) is 2. The second-order valence-electron chi connectivity index (χ2n) is 4.74. The zero-order valence-electron chi connectivity index (χ0n) is 11.4. The van der Waals surface area contributed by atoms with Crippen LogP contribution in [0.15, 0.2) is 24.3 Å². The minimum Gasteiger partial charge on any atom is -0.395 e. The molecule has 1 aromatic carbocycles. The summed E-state index contributed by atoms with van der Waals surface area (Å²) in [6.45, 7) is 1.36. The van der Waals surface area contributed by atoms with E-state index >= 15 is 0 Å². The lowest BCUT2D eigenvalue weighted by atomic mass is 10.2. The van der Waals surface area contributed by atoms with Gasteiger partial charge < -0.3 is 9.84 Å². The molecule has 1 aromatic rings. The maximum Gasteiger partial charge on any atom is 0.259 e. The molecule has 114 valence electrons. The SMILES string of the molecule is O=C(CN1CCOCC1CO)NC(=O)c1ccccc1Cl. The van der Waals surface area contributed by atoms with Crippen LogP contribution in [0.1, 0.15) is 10.4 Å². The summed E-state index contributed by atoms with van der Waals surface area (Å²) >= 11 is 5.91. The van der Waals surface area contributed by atoms with E-state index in [4.69, 9.17) is 16.3 Å². The summed E-state index contributed by atoms with van der Waals surface area (Å²) in [5.41, 5.74) is 0.258. The lowest BCUT2D eigenvalue weighted by Crippen LogP contribution is -2.51. The third-order valence-corrected chi connectivity index (χ3v) is 3.61. The van der Waals surface area contributed by atoms with Crippen molar-refractivity contribution in [3.63, 3.8) is 0 Å². The molecule has 1 saturated heterocycles. The van der Waals surface area contributed by atoms with Crippen molar-refractivity contribution in [1.29, 1.82) is 0 Å². The number of ether oxygens (including phenoxy) is 1. The van der Waals surface area contributed by atoms with E-state index in [9.17, 15) is 14.7 Å². The first-order valence-corrected chi connectivity index (χ1v) is 7.01. The molecule has 0 radical (unpaired) electrons. The highest BCUT2D eigenvalue weighted by Crippen LogP contribution is 2.14. The maximum absolute atomic E-state index is 12.0. The lowest BCUT2D eigenvalue weighted by molar-refractivity contribution is -0.124. The molecule has 0 saturated carbocycles. The van der Waals surface area contributed by atoms with Crippen molar-refractivity contribution < 1.29 is 19.4 Å². The van der Waals surface area contributed by atoms with Crippen LogP contribution in [0.25, 0.3) is 0 Å². The van der Waals surface area contributed by atoms with Crippen molar-refractivity contribution in [2.24, 2.45) is 0 Å². The van der Waals surface area contributed by atoms with Crippen molar-refractivity contribution >= 4 is 23.4 Å². The van der Waals surface area contributed by atoms with Crippen molar-refractivity contribution in [2.45, 2.75) is 6.04 Å². The summed E-state index contributed by atoms with van der Waals surface area (Å²) in [5.74, 6) is -0.959. The monoisotopic (exact) mass is 312 g/mol. The summed E-state index contributed by atoms with van der Waals surface area (Å²) in [5, 5.41) is 11.8. The largest absolute Gasteiger partial charge is 0.395 e. The van der Waals surface area contributed by atoms with Crippen LogP contribution in [0, 0.1) is 0 Å². The number of aliphatic hydroxyl groups is 1. The van der Waals surface area contributed by atoms with E-state index in [2.05, 4.69) is 5.32 Å². The molecular formula is C14H17ClN2O4. The Morgan fingerprint density at radius 1 is 1.43 bits per heavy atom. The van der Waals surface area contributed by atoms with Gasteiger partial charge in [0.2, 0.25) is 5.91 Å². The average molecular weight is 313 g/mol. The number of aliphatic hydroxyl groups excluding tert-OH is 1. The second-order valence-corrected chi connectivity index (χ2v) is 5.15. The summed E-state index contributed by atoms with van der Waals surface area (Å²) in [7, 11) is 0. The molecule has 7 heteroatoms. The van der Waals surface area contributed by atoms with Crippen molar-refractivity contribution in [3.05, 3.63) is 34.9 Å². The predicted octanol–water partition coefficient (Wildman–Crippen LogP) is 0.290. The Bertz CT molecular complexity index is 523. The van der Waals surface area contributed by atoms with E-state index in [0.717, 1.165) is 0 Å². The number of nitrogens with zero attached hydrogens (tertiary/aromatic N) is 1. The number of imide groups is 1.